The molecular weight excluding hydrogens is 260 g/mol. The van der Waals surface area contributed by atoms with Crippen LogP contribution in [0, 0.1) is 29.6 Å². The van der Waals surface area contributed by atoms with Crippen LogP contribution in [0.3, 0.4) is 0 Å². The predicted octanol–water partition coefficient (Wildman–Crippen LogP) is 1.14. The van der Waals surface area contributed by atoms with E-state index in [-0.39, 0.29) is 5.60 Å². The molecule has 0 aromatic heterocycles. The zero-order valence-corrected chi connectivity index (χ0v) is 12.0. The van der Waals surface area contributed by atoms with Crippen LogP contribution in [0.25, 0.3) is 0 Å². The van der Waals surface area contributed by atoms with Crippen LogP contribution in [0.1, 0.15) is 33.1 Å². The van der Waals surface area contributed by atoms with Crippen molar-refractivity contribution in [1.82, 2.24) is 0 Å². The number of ether oxygens (including phenoxy) is 2. The van der Waals surface area contributed by atoms with Crippen molar-refractivity contribution in [2.45, 2.75) is 38.7 Å². The van der Waals surface area contributed by atoms with E-state index in [2.05, 4.69) is 11.7 Å². The largest absolute Gasteiger partial charge is 0.456 e. The van der Waals surface area contributed by atoms with Crippen molar-refractivity contribution in [3.05, 3.63) is 0 Å². The van der Waals surface area contributed by atoms with Gasteiger partial charge < -0.3 is 14.6 Å². The number of aliphatic hydroxyl groups excluding tert-OH is 1. The van der Waals surface area contributed by atoms with Crippen molar-refractivity contribution in [3.63, 3.8) is 0 Å². The van der Waals surface area contributed by atoms with Crippen molar-refractivity contribution in [2.24, 2.45) is 29.6 Å². The van der Waals surface area contributed by atoms with Crippen LogP contribution in [-0.2, 0) is 19.1 Å². The smallest absolute Gasteiger partial charge is 0.344 e. The van der Waals surface area contributed by atoms with Gasteiger partial charge >= 0.3 is 11.9 Å². The van der Waals surface area contributed by atoms with Crippen molar-refractivity contribution >= 4 is 11.9 Å². The number of hydrogen-bond donors (Lipinski definition) is 1. The Labute approximate surface area is 118 Å². The van der Waals surface area contributed by atoms with Gasteiger partial charge in [-0.15, -0.1) is 0 Å². The van der Waals surface area contributed by atoms with E-state index in [1.165, 1.54) is 6.42 Å². The summed E-state index contributed by atoms with van der Waals surface area (Å²) in [5.74, 6) is 1.92. The van der Waals surface area contributed by atoms with Crippen LogP contribution in [0.4, 0.5) is 0 Å². The van der Waals surface area contributed by atoms with Crippen LogP contribution < -0.4 is 0 Å². The van der Waals surface area contributed by atoms with Crippen molar-refractivity contribution < 1.29 is 24.2 Å². The van der Waals surface area contributed by atoms with E-state index in [0.29, 0.717) is 17.8 Å². The third-order valence-electron chi connectivity index (χ3n) is 5.68. The molecule has 0 radical (unpaired) electrons. The third-order valence-corrected chi connectivity index (χ3v) is 5.68. The molecule has 3 aliphatic rings. The van der Waals surface area contributed by atoms with Crippen LogP contribution in [0.2, 0.25) is 0 Å². The van der Waals surface area contributed by atoms with Gasteiger partial charge in [0.05, 0.1) is 0 Å². The molecule has 0 aromatic rings. The molecule has 0 spiro atoms. The van der Waals surface area contributed by atoms with E-state index in [1.807, 2.05) is 6.92 Å². The second-order valence-corrected chi connectivity index (χ2v) is 6.84. The maximum Gasteiger partial charge on any atom is 0.344 e. The number of carbonyl (C=O) groups is 2. The lowest BCUT2D eigenvalue weighted by Crippen LogP contribution is -2.72. The lowest BCUT2D eigenvalue weighted by Gasteiger charge is -2.71. The monoisotopic (exact) mass is 282 g/mol. The SMILES string of the molecule is CC1CC2CC3C2C(C1)C3(C)OC(=O)COC(=O)CO. The average Bonchev–Trinajstić information content (AvgIpc) is 2.38. The fourth-order valence-electron chi connectivity index (χ4n) is 4.84. The third kappa shape index (κ3) is 1.94. The summed E-state index contributed by atoms with van der Waals surface area (Å²) in [6.07, 6.45) is 3.60. The zero-order valence-electron chi connectivity index (χ0n) is 12.0. The van der Waals surface area contributed by atoms with E-state index >= 15 is 0 Å². The van der Waals surface area contributed by atoms with E-state index in [0.717, 1.165) is 24.7 Å². The molecule has 0 saturated heterocycles. The topological polar surface area (TPSA) is 72.8 Å². The molecule has 0 aromatic carbocycles. The van der Waals surface area contributed by atoms with Gasteiger partial charge in [-0.1, -0.05) is 6.92 Å². The Hall–Kier alpha value is -1.10. The van der Waals surface area contributed by atoms with Gasteiger partial charge in [0.25, 0.3) is 0 Å². The number of carbonyl (C=O) groups excluding carboxylic acids is 2. The maximum atomic E-state index is 11.8. The lowest BCUT2D eigenvalue weighted by atomic mass is 9.36. The average molecular weight is 282 g/mol. The standard InChI is InChI=1S/C15H22O5/c1-8-3-9-5-11-14(9)10(4-8)15(11,2)20-13(18)7-19-12(17)6-16/h8-11,14,16H,3-7H2,1-2H3. The predicted molar refractivity (Wildman–Crippen MR) is 69.5 cm³/mol. The first-order chi connectivity index (χ1) is 9.45. The van der Waals surface area contributed by atoms with Crippen molar-refractivity contribution in [1.29, 1.82) is 0 Å². The lowest BCUT2D eigenvalue weighted by molar-refractivity contribution is -0.292. The van der Waals surface area contributed by atoms with Crippen LogP contribution >= 0.6 is 0 Å². The van der Waals surface area contributed by atoms with Gasteiger partial charge in [-0.05, 0) is 43.9 Å². The summed E-state index contributed by atoms with van der Waals surface area (Å²) in [5, 5.41) is 8.54. The van der Waals surface area contributed by atoms with Crippen molar-refractivity contribution in [2.75, 3.05) is 13.2 Å². The molecule has 0 heterocycles. The first kappa shape index (κ1) is 13.9. The molecule has 5 nitrogen and oxygen atoms in total. The maximum absolute atomic E-state index is 11.8. The highest BCUT2D eigenvalue weighted by molar-refractivity contribution is 5.77. The number of esters is 2. The molecule has 3 aliphatic carbocycles. The fraction of sp³-hybridized carbons (Fsp3) is 0.867. The van der Waals surface area contributed by atoms with E-state index < -0.39 is 25.2 Å². The van der Waals surface area contributed by atoms with Gasteiger partial charge in [-0.2, -0.15) is 0 Å². The number of rotatable bonds is 4. The normalized spacial score (nSPS) is 44.6. The van der Waals surface area contributed by atoms with Crippen LogP contribution in [0.15, 0.2) is 0 Å². The minimum absolute atomic E-state index is 0.376. The van der Waals surface area contributed by atoms with Crippen LogP contribution in [0.5, 0.6) is 0 Å². The Kier molecular flexibility index (Phi) is 3.27. The highest BCUT2D eigenvalue weighted by atomic mass is 16.6. The first-order valence-corrected chi connectivity index (χ1v) is 7.44. The van der Waals surface area contributed by atoms with Gasteiger partial charge in [0.2, 0.25) is 0 Å². The molecule has 5 heteroatoms. The van der Waals surface area contributed by atoms with E-state index in [4.69, 9.17) is 9.84 Å². The second kappa shape index (κ2) is 4.72. The summed E-state index contributed by atoms with van der Waals surface area (Å²) in [7, 11) is 0. The molecule has 0 amide bonds. The Balaban J connectivity index is 1.57. The van der Waals surface area contributed by atoms with Gasteiger partial charge in [0.1, 0.15) is 12.2 Å². The summed E-state index contributed by atoms with van der Waals surface area (Å²) in [5.41, 5.74) is -0.376. The van der Waals surface area contributed by atoms with E-state index in [1.54, 1.807) is 0 Å². The summed E-state index contributed by atoms with van der Waals surface area (Å²) in [4.78, 5) is 22.6. The number of aliphatic hydroxyl groups is 1. The van der Waals surface area contributed by atoms with Crippen molar-refractivity contribution in [3.8, 4) is 0 Å². The molecule has 112 valence electrons. The molecular formula is C15H22O5. The molecule has 1 N–H and O–H groups in total. The molecule has 20 heavy (non-hydrogen) atoms. The van der Waals surface area contributed by atoms with Gasteiger partial charge in [0.15, 0.2) is 6.61 Å². The van der Waals surface area contributed by atoms with Gasteiger partial charge in [-0.3, -0.25) is 0 Å². The minimum atomic E-state index is -0.798. The highest BCUT2D eigenvalue weighted by Crippen LogP contribution is 2.70. The molecule has 6 atom stereocenters. The zero-order chi connectivity index (χ0) is 14.5. The van der Waals surface area contributed by atoms with Gasteiger partial charge in [-0.25, -0.2) is 9.59 Å². The second-order valence-electron chi connectivity index (χ2n) is 6.84. The Bertz CT molecular complexity index is 434. The first-order valence-electron chi connectivity index (χ1n) is 7.44. The Morgan fingerprint density at radius 1 is 1.20 bits per heavy atom. The Morgan fingerprint density at radius 2 is 1.90 bits per heavy atom. The summed E-state index contributed by atoms with van der Waals surface area (Å²) in [6, 6.07) is 0. The quantitative estimate of drug-likeness (QED) is 0.783. The number of hydrogen-bond acceptors (Lipinski definition) is 5. The van der Waals surface area contributed by atoms with Gasteiger partial charge in [0, 0.05) is 11.8 Å². The minimum Gasteiger partial charge on any atom is -0.456 e. The summed E-state index contributed by atoms with van der Waals surface area (Å²) >= 11 is 0. The summed E-state index contributed by atoms with van der Waals surface area (Å²) < 4.78 is 10.2. The highest BCUT2D eigenvalue weighted by Gasteiger charge is 2.70. The molecule has 3 rings (SSSR count). The molecule has 0 aliphatic heterocycles. The summed E-state index contributed by atoms with van der Waals surface area (Å²) in [6.45, 7) is 3.18. The molecule has 3 fully saturated rings. The molecule has 0 bridgehead atoms. The molecule has 3 saturated carbocycles. The fourth-order valence-corrected chi connectivity index (χ4v) is 4.84. The molecule has 6 unspecified atom stereocenters. The Morgan fingerprint density at radius 3 is 2.60 bits per heavy atom. The van der Waals surface area contributed by atoms with Crippen LogP contribution in [-0.4, -0.2) is 35.9 Å². The van der Waals surface area contributed by atoms with E-state index in [9.17, 15) is 9.59 Å².